The van der Waals surface area contributed by atoms with Crippen molar-refractivity contribution in [2.24, 2.45) is 0 Å². The van der Waals surface area contributed by atoms with E-state index in [1.54, 1.807) is 6.07 Å². The molecule has 0 aromatic heterocycles. The Morgan fingerprint density at radius 1 is 1.12 bits per heavy atom. The van der Waals surface area contributed by atoms with Gasteiger partial charge in [0.25, 0.3) is 0 Å². The molecule has 0 bridgehead atoms. The molecule has 0 heterocycles. The molecule has 2 aromatic rings. The van der Waals surface area contributed by atoms with Crippen LogP contribution in [0.1, 0.15) is 36.8 Å². The lowest BCUT2D eigenvalue weighted by Gasteiger charge is -2.28. The van der Waals surface area contributed by atoms with E-state index in [4.69, 9.17) is 0 Å². The van der Waals surface area contributed by atoms with Crippen LogP contribution in [0.3, 0.4) is 0 Å². The molecule has 0 aliphatic heterocycles. The van der Waals surface area contributed by atoms with Gasteiger partial charge < -0.3 is 10.2 Å². The Hall–Kier alpha value is -2.20. The second-order valence-corrected chi connectivity index (χ2v) is 7.50. The summed E-state index contributed by atoms with van der Waals surface area (Å²) in [6.45, 7) is 0.994. The smallest absolute Gasteiger partial charge is 0.235 e. The molecule has 0 radical (unpaired) electrons. The fraction of sp³-hybridized carbons (Fsp3) is 0.409. The fourth-order valence-corrected chi connectivity index (χ4v) is 3.77. The Morgan fingerprint density at radius 3 is 2.42 bits per heavy atom. The minimum absolute atomic E-state index is 0.0263. The summed E-state index contributed by atoms with van der Waals surface area (Å²) >= 11 is 0. The number of amides is 1. The normalized spacial score (nSPS) is 16.0. The molecule has 0 unspecified atom stereocenters. The molecule has 1 fully saturated rings. The third-order valence-electron chi connectivity index (χ3n) is 5.33. The molecular formula is C22H27FN2O. The standard InChI is InChI=1S/C22H27FN2O/c1-25(2)15-12-17-8-10-20(11-9-17)24-21(26)22(13-3-4-14-22)18-6-5-7-19(23)16-18/h5-11,16H,3-4,12-15H2,1-2H3,(H,24,26). The van der Waals surface area contributed by atoms with Crippen molar-refractivity contribution in [3.8, 4) is 0 Å². The number of benzene rings is 2. The largest absolute Gasteiger partial charge is 0.325 e. The highest BCUT2D eigenvalue weighted by Gasteiger charge is 2.42. The number of hydrogen-bond donors (Lipinski definition) is 1. The average molecular weight is 354 g/mol. The van der Waals surface area contributed by atoms with E-state index < -0.39 is 5.41 Å². The highest BCUT2D eigenvalue weighted by atomic mass is 19.1. The molecule has 0 saturated heterocycles. The maximum absolute atomic E-state index is 13.7. The van der Waals surface area contributed by atoms with Gasteiger partial charge in [-0.1, -0.05) is 37.1 Å². The van der Waals surface area contributed by atoms with Crippen molar-refractivity contribution in [2.75, 3.05) is 26.0 Å². The minimum Gasteiger partial charge on any atom is -0.325 e. The predicted molar refractivity (Wildman–Crippen MR) is 104 cm³/mol. The zero-order valence-electron chi connectivity index (χ0n) is 15.6. The van der Waals surface area contributed by atoms with Crippen molar-refractivity contribution in [1.29, 1.82) is 0 Å². The molecule has 1 N–H and O–H groups in total. The van der Waals surface area contributed by atoms with Crippen LogP contribution in [0.2, 0.25) is 0 Å². The van der Waals surface area contributed by atoms with Gasteiger partial charge in [0.15, 0.2) is 0 Å². The minimum atomic E-state index is -0.619. The number of carbonyl (C=O) groups is 1. The first-order valence-electron chi connectivity index (χ1n) is 9.31. The van der Waals surface area contributed by atoms with Gasteiger partial charge in [-0.3, -0.25) is 4.79 Å². The van der Waals surface area contributed by atoms with Crippen LogP contribution in [0.15, 0.2) is 48.5 Å². The summed E-state index contributed by atoms with van der Waals surface area (Å²) in [5, 5.41) is 3.06. The van der Waals surface area contributed by atoms with Crippen molar-refractivity contribution in [2.45, 2.75) is 37.5 Å². The number of likely N-dealkylation sites (N-methyl/N-ethyl adjacent to an activating group) is 1. The van der Waals surface area contributed by atoms with Crippen molar-refractivity contribution < 1.29 is 9.18 Å². The van der Waals surface area contributed by atoms with E-state index in [0.29, 0.717) is 0 Å². The van der Waals surface area contributed by atoms with Crippen molar-refractivity contribution >= 4 is 11.6 Å². The van der Waals surface area contributed by atoms with Gasteiger partial charge in [0, 0.05) is 12.2 Å². The second kappa shape index (κ2) is 8.00. The van der Waals surface area contributed by atoms with Gasteiger partial charge in [0.2, 0.25) is 5.91 Å². The van der Waals surface area contributed by atoms with Crippen LogP contribution in [0.5, 0.6) is 0 Å². The number of rotatable bonds is 6. The van der Waals surface area contributed by atoms with Gasteiger partial charge in [0.1, 0.15) is 5.82 Å². The number of carbonyl (C=O) groups excluding carboxylic acids is 1. The van der Waals surface area contributed by atoms with Crippen LogP contribution in [-0.2, 0) is 16.6 Å². The Balaban J connectivity index is 1.75. The summed E-state index contributed by atoms with van der Waals surface area (Å²) in [5.74, 6) is -0.312. The first-order chi connectivity index (χ1) is 12.5. The van der Waals surface area contributed by atoms with Crippen LogP contribution in [0, 0.1) is 5.82 Å². The SMILES string of the molecule is CN(C)CCc1ccc(NC(=O)C2(c3cccc(F)c3)CCCC2)cc1. The highest BCUT2D eigenvalue weighted by Crippen LogP contribution is 2.42. The molecule has 2 aromatic carbocycles. The Labute approximate surface area is 155 Å². The number of hydrogen-bond acceptors (Lipinski definition) is 2. The van der Waals surface area contributed by atoms with Gasteiger partial charge in [-0.2, -0.15) is 0 Å². The lowest BCUT2D eigenvalue weighted by atomic mass is 9.78. The Bertz CT molecular complexity index is 749. The van der Waals surface area contributed by atoms with Crippen molar-refractivity contribution in [1.82, 2.24) is 4.90 Å². The van der Waals surface area contributed by atoms with Crippen LogP contribution >= 0.6 is 0 Å². The van der Waals surface area contributed by atoms with Crippen LogP contribution in [0.25, 0.3) is 0 Å². The van der Waals surface area contributed by atoms with Gasteiger partial charge in [-0.25, -0.2) is 4.39 Å². The number of nitrogens with one attached hydrogen (secondary N) is 1. The maximum atomic E-state index is 13.7. The number of nitrogens with zero attached hydrogens (tertiary/aromatic N) is 1. The summed E-state index contributed by atoms with van der Waals surface area (Å²) in [6.07, 6.45) is 4.50. The monoisotopic (exact) mass is 354 g/mol. The van der Waals surface area contributed by atoms with Gasteiger partial charge >= 0.3 is 0 Å². The van der Waals surface area contributed by atoms with E-state index in [1.165, 1.54) is 17.7 Å². The van der Waals surface area contributed by atoms with E-state index >= 15 is 0 Å². The third-order valence-corrected chi connectivity index (χ3v) is 5.33. The first-order valence-corrected chi connectivity index (χ1v) is 9.31. The van der Waals surface area contributed by atoms with E-state index in [1.807, 2.05) is 18.2 Å². The molecule has 0 atom stereocenters. The Morgan fingerprint density at radius 2 is 1.81 bits per heavy atom. The number of anilines is 1. The van der Waals surface area contributed by atoms with Crippen molar-refractivity contribution in [3.05, 3.63) is 65.5 Å². The van der Waals surface area contributed by atoms with E-state index in [0.717, 1.165) is 49.9 Å². The fourth-order valence-electron chi connectivity index (χ4n) is 3.77. The molecule has 4 heteroatoms. The molecule has 3 rings (SSSR count). The lowest BCUT2D eigenvalue weighted by molar-refractivity contribution is -0.121. The van der Waals surface area contributed by atoms with E-state index in [9.17, 15) is 9.18 Å². The maximum Gasteiger partial charge on any atom is 0.235 e. The molecule has 1 saturated carbocycles. The third kappa shape index (κ3) is 4.13. The molecule has 1 aliphatic rings. The van der Waals surface area contributed by atoms with Gasteiger partial charge in [0.05, 0.1) is 5.41 Å². The predicted octanol–water partition coefficient (Wildman–Crippen LogP) is 4.38. The molecule has 1 amide bonds. The summed E-state index contributed by atoms with van der Waals surface area (Å²) in [4.78, 5) is 15.3. The summed E-state index contributed by atoms with van der Waals surface area (Å²) in [5.41, 5.74) is 2.21. The summed E-state index contributed by atoms with van der Waals surface area (Å²) < 4.78 is 13.7. The van der Waals surface area contributed by atoms with Crippen LogP contribution in [0.4, 0.5) is 10.1 Å². The van der Waals surface area contributed by atoms with Crippen LogP contribution in [-0.4, -0.2) is 31.4 Å². The topological polar surface area (TPSA) is 32.3 Å². The highest BCUT2D eigenvalue weighted by molar-refractivity contribution is 5.99. The lowest BCUT2D eigenvalue weighted by Crippen LogP contribution is -2.38. The molecule has 0 spiro atoms. The molecule has 3 nitrogen and oxygen atoms in total. The summed E-state index contributed by atoms with van der Waals surface area (Å²) in [7, 11) is 4.12. The zero-order chi connectivity index (χ0) is 18.6. The van der Waals surface area contributed by atoms with Gasteiger partial charge in [-0.05, 0) is 68.8 Å². The molecule has 26 heavy (non-hydrogen) atoms. The molecular weight excluding hydrogens is 327 g/mol. The second-order valence-electron chi connectivity index (χ2n) is 7.50. The van der Waals surface area contributed by atoms with Crippen molar-refractivity contribution in [3.63, 3.8) is 0 Å². The average Bonchev–Trinajstić information content (AvgIpc) is 3.12. The first kappa shape index (κ1) is 18.6. The molecule has 1 aliphatic carbocycles. The van der Waals surface area contributed by atoms with Crippen LogP contribution < -0.4 is 5.32 Å². The van der Waals surface area contributed by atoms with Gasteiger partial charge in [-0.15, -0.1) is 0 Å². The van der Waals surface area contributed by atoms with E-state index in [2.05, 4.69) is 36.4 Å². The number of halogens is 1. The summed E-state index contributed by atoms with van der Waals surface area (Å²) in [6, 6.07) is 14.5. The zero-order valence-corrected chi connectivity index (χ0v) is 15.6. The quantitative estimate of drug-likeness (QED) is 0.835. The molecule has 138 valence electrons. The van der Waals surface area contributed by atoms with E-state index in [-0.39, 0.29) is 11.7 Å². The Kier molecular flexibility index (Phi) is 5.72.